The van der Waals surface area contributed by atoms with Crippen molar-refractivity contribution >= 4 is 46.3 Å². The van der Waals surface area contributed by atoms with Gasteiger partial charge in [0.25, 0.3) is 5.91 Å². The third-order valence-electron chi connectivity index (χ3n) is 3.68. The molecule has 0 atom stereocenters. The Hall–Kier alpha value is -2.09. The molecule has 0 spiro atoms. The largest absolute Gasteiger partial charge is 0.320 e. The van der Waals surface area contributed by atoms with Gasteiger partial charge in [-0.05, 0) is 36.1 Å². The second-order valence-corrected chi connectivity index (χ2v) is 8.07. The van der Waals surface area contributed by atoms with Crippen molar-refractivity contribution in [3.05, 3.63) is 70.3 Å². The van der Waals surface area contributed by atoms with E-state index >= 15 is 0 Å². The molecule has 3 rings (SSSR count). The van der Waals surface area contributed by atoms with Crippen molar-refractivity contribution in [3.63, 3.8) is 0 Å². The summed E-state index contributed by atoms with van der Waals surface area (Å²) >= 11 is 9.43. The maximum Gasteiger partial charge on any atom is 0.275 e. The monoisotopic (exact) mass is 404 g/mol. The minimum atomic E-state index is -0.260. The summed E-state index contributed by atoms with van der Waals surface area (Å²) in [4.78, 5) is 12.9. The second-order valence-electron chi connectivity index (χ2n) is 5.44. The molecule has 0 aliphatic rings. The molecule has 0 aliphatic heterocycles. The molecule has 8 heteroatoms. The molecule has 2 heterocycles. The maximum atomic E-state index is 12.9. The number of anilines is 1. The number of carbonyl (C=O) groups excluding carboxylic acids is 1. The molecule has 0 aliphatic carbocycles. The van der Waals surface area contributed by atoms with Crippen LogP contribution < -0.4 is 5.32 Å². The minimum Gasteiger partial charge on any atom is -0.320 e. The van der Waals surface area contributed by atoms with Crippen molar-refractivity contribution in [1.29, 1.82) is 0 Å². The Morgan fingerprint density at radius 2 is 2.27 bits per heavy atom. The smallest absolute Gasteiger partial charge is 0.275 e. The molecule has 0 bridgehead atoms. The van der Waals surface area contributed by atoms with E-state index in [1.54, 1.807) is 46.0 Å². The highest BCUT2D eigenvalue weighted by molar-refractivity contribution is 8.00. The Balaban J connectivity index is 1.85. The van der Waals surface area contributed by atoms with Crippen molar-refractivity contribution in [2.75, 3.05) is 5.32 Å². The van der Waals surface area contributed by atoms with E-state index in [1.807, 2.05) is 30.5 Å². The summed E-state index contributed by atoms with van der Waals surface area (Å²) in [6.45, 7) is 6.00. The van der Waals surface area contributed by atoms with Crippen LogP contribution in [-0.2, 0) is 12.3 Å². The number of amides is 1. The number of rotatable bonds is 7. The lowest BCUT2D eigenvalue weighted by molar-refractivity contribution is 0.101. The van der Waals surface area contributed by atoms with Crippen molar-refractivity contribution in [1.82, 2.24) is 15.0 Å². The zero-order chi connectivity index (χ0) is 18.5. The van der Waals surface area contributed by atoms with E-state index in [-0.39, 0.29) is 5.91 Å². The number of nitrogens with one attached hydrogen (secondary N) is 1. The van der Waals surface area contributed by atoms with Gasteiger partial charge in [0.1, 0.15) is 5.69 Å². The predicted octanol–water partition coefficient (Wildman–Crippen LogP) is 5.03. The first-order valence-corrected chi connectivity index (χ1v) is 10.1. The summed E-state index contributed by atoms with van der Waals surface area (Å²) in [5, 5.41) is 13.9. The van der Waals surface area contributed by atoms with E-state index in [2.05, 4.69) is 22.2 Å². The van der Waals surface area contributed by atoms with E-state index in [0.717, 1.165) is 5.56 Å². The van der Waals surface area contributed by atoms with Gasteiger partial charge in [-0.15, -0.1) is 34.8 Å². The Bertz CT molecular complexity index is 921. The van der Waals surface area contributed by atoms with Gasteiger partial charge in [-0.2, -0.15) is 0 Å². The molecule has 1 N–H and O–H groups in total. The molecule has 3 aromatic rings. The number of aromatic nitrogens is 3. The van der Waals surface area contributed by atoms with Crippen LogP contribution in [0, 0.1) is 6.92 Å². The van der Waals surface area contributed by atoms with Crippen LogP contribution in [-0.4, -0.2) is 20.9 Å². The zero-order valence-electron chi connectivity index (χ0n) is 14.1. The van der Waals surface area contributed by atoms with Gasteiger partial charge >= 0.3 is 0 Å². The molecule has 0 saturated heterocycles. The Morgan fingerprint density at radius 1 is 1.42 bits per heavy atom. The van der Waals surface area contributed by atoms with Gasteiger partial charge in [0, 0.05) is 16.5 Å². The topological polar surface area (TPSA) is 59.8 Å². The van der Waals surface area contributed by atoms with Gasteiger partial charge in [-0.1, -0.05) is 35.0 Å². The van der Waals surface area contributed by atoms with Gasteiger partial charge in [0.15, 0.2) is 5.69 Å². The third kappa shape index (κ3) is 4.17. The first kappa shape index (κ1) is 18.7. The van der Waals surface area contributed by atoms with Crippen molar-refractivity contribution in [3.8, 4) is 0 Å². The number of hydrogen-bond acceptors (Lipinski definition) is 5. The quantitative estimate of drug-likeness (QED) is 0.443. The van der Waals surface area contributed by atoms with Crippen molar-refractivity contribution in [2.45, 2.75) is 23.4 Å². The van der Waals surface area contributed by atoms with Gasteiger partial charge < -0.3 is 5.32 Å². The van der Waals surface area contributed by atoms with Crippen molar-refractivity contribution < 1.29 is 4.79 Å². The molecule has 0 radical (unpaired) electrons. The average molecular weight is 405 g/mol. The molecule has 1 aromatic carbocycles. The molecule has 0 unspecified atom stereocenters. The molecule has 1 amide bonds. The molecule has 134 valence electrons. The lowest BCUT2D eigenvalue weighted by atomic mass is 10.2. The second kappa shape index (κ2) is 8.53. The van der Waals surface area contributed by atoms with Crippen LogP contribution in [0.3, 0.4) is 0 Å². The van der Waals surface area contributed by atoms with Crippen molar-refractivity contribution in [2.24, 2.45) is 0 Å². The number of allylic oxidation sites excluding steroid dienone is 1. The van der Waals surface area contributed by atoms with E-state index in [9.17, 15) is 4.79 Å². The molecular weight excluding hydrogens is 388 g/mol. The fourth-order valence-electron chi connectivity index (χ4n) is 2.35. The molecule has 5 nitrogen and oxygen atoms in total. The molecule has 26 heavy (non-hydrogen) atoms. The maximum absolute atomic E-state index is 12.9. The average Bonchev–Trinajstić information content (AvgIpc) is 3.27. The molecule has 0 fully saturated rings. The summed E-state index contributed by atoms with van der Waals surface area (Å²) in [5.41, 5.74) is 2.57. The number of nitrogens with zero attached hydrogens (tertiary/aromatic N) is 3. The van der Waals surface area contributed by atoms with Gasteiger partial charge in [0.2, 0.25) is 0 Å². The summed E-state index contributed by atoms with van der Waals surface area (Å²) in [5.74, 6) is 0.304. The van der Waals surface area contributed by atoms with E-state index in [0.29, 0.717) is 34.4 Å². The number of benzene rings is 1. The number of hydrogen-bond donors (Lipinski definition) is 1. The number of carbonyl (C=O) groups is 1. The van der Waals surface area contributed by atoms with Crippen LogP contribution >= 0.6 is 34.7 Å². The van der Waals surface area contributed by atoms with Gasteiger partial charge in [-0.3, -0.25) is 4.79 Å². The highest BCUT2D eigenvalue weighted by Gasteiger charge is 2.21. The lowest BCUT2D eigenvalue weighted by Gasteiger charge is -2.11. The Morgan fingerprint density at radius 3 is 3.00 bits per heavy atom. The SMILES string of the molecule is C=CCn1nnc(CSc2cccs2)c1C(=O)Nc1cccc(Cl)c1C. The fourth-order valence-corrected chi connectivity index (χ4v) is 4.24. The molecular formula is C18H17ClN4OS2. The first-order valence-electron chi connectivity index (χ1n) is 7.86. The van der Waals surface area contributed by atoms with Gasteiger partial charge in [-0.25, -0.2) is 4.68 Å². The zero-order valence-corrected chi connectivity index (χ0v) is 16.5. The fraction of sp³-hybridized carbons (Fsp3) is 0.167. The minimum absolute atomic E-state index is 0.260. The van der Waals surface area contributed by atoms with E-state index < -0.39 is 0 Å². The molecule has 0 saturated carbocycles. The summed E-state index contributed by atoms with van der Waals surface area (Å²) < 4.78 is 2.73. The lowest BCUT2D eigenvalue weighted by Crippen LogP contribution is -2.19. The summed E-state index contributed by atoms with van der Waals surface area (Å²) in [6, 6.07) is 9.45. The Kier molecular flexibility index (Phi) is 6.13. The standard InChI is InChI=1S/C18H17ClN4OS2/c1-3-9-23-17(15(21-22-23)11-26-16-8-5-10-25-16)18(24)20-14-7-4-6-13(19)12(14)2/h3-8,10H,1,9,11H2,2H3,(H,20,24). The predicted molar refractivity (Wildman–Crippen MR) is 108 cm³/mol. The number of halogens is 1. The number of thioether (sulfide) groups is 1. The number of thiophene rings is 1. The molecule has 2 aromatic heterocycles. The van der Waals surface area contributed by atoms with Gasteiger partial charge in [0.05, 0.1) is 10.8 Å². The normalized spacial score (nSPS) is 10.7. The van der Waals surface area contributed by atoms with E-state index in [4.69, 9.17) is 11.6 Å². The van der Waals surface area contributed by atoms with Crippen LogP contribution in [0.5, 0.6) is 0 Å². The highest BCUT2D eigenvalue weighted by atomic mass is 35.5. The Labute approximate surface area is 165 Å². The summed E-state index contributed by atoms with van der Waals surface area (Å²) in [6.07, 6.45) is 1.69. The van der Waals surface area contributed by atoms with Crippen LogP contribution in [0.1, 0.15) is 21.7 Å². The third-order valence-corrected chi connectivity index (χ3v) is 6.24. The highest BCUT2D eigenvalue weighted by Crippen LogP contribution is 2.28. The summed E-state index contributed by atoms with van der Waals surface area (Å²) in [7, 11) is 0. The van der Waals surface area contributed by atoms with Crippen LogP contribution in [0.4, 0.5) is 5.69 Å². The van der Waals surface area contributed by atoms with E-state index in [1.165, 1.54) is 4.21 Å². The van der Waals surface area contributed by atoms with Crippen LogP contribution in [0.15, 0.2) is 52.6 Å². The first-order chi connectivity index (χ1) is 12.6. The van der Waals surface area contributed by atoms with Crippen LogP contribution in [0.25, 0.3) is 0 Å². The van der Waals surface area contributed by atoms with Crippen LogP contribution in [0.2, 0.25) is 5.02 Å².